The minimum absolute atomic E-state index is 0.277. The number of halogens is 4. The number of nitrogens with one attached hydrogen (secondary N) is 1. The van der Waals surface area contributed by atoms with E-state index in [1.165, 1.54) is 16.8 Å². The summed E-state index contributed by atoms with van der Waals surface area (Å²) < 4.78 is 60.8. The molecule has 0 saturated carbocycles. The van der Waals surface area contributed by atoms with Crippen LogP contribution in [0.5, 0.6) is 0 Å². The quantitative estimate of drug-likeness (QED) is 0.489. The van der Waals surface area contributed by atoms with E-state index in [1.807, 2.05) is 0 Å². The lowest BCUT2D eigenvalue weighted by atomic mass is 9.96. The van der Waals surface area contributed by atoms with Crippen LogP contribution in [0.1, 0.15) is 12.6 Å². The van der Waals surface area contributed by atoms with Crippen molar-refractivity contribution >= 4 is 11.0 Å². The molecule has 1 atom stereocenters. The first kappa shape index (κ1) is 18.7. The van der Waals surface area contributed by atoms with Crippen LogP contribution in [0.4, 0.5) is 17.6 Å². The Morgan fingerprint density at radius 1 is 1.17 bits per heavy atom. The maximum Gasteiger partial charge on any atom is 0.419 e. The van der Waals surface area contributed by atoms with E-state index in [9.17, 15) is 17.6 Å². The molecule has 0 spiro atoms. The SMILES string of the molecule is CC1(C(F)(F)F)Cn2nc(-c3ccc(F)cc3)c(-c3ccnc4[nH]ncc34)c2CO1. The third-order valence-corrected chi connectivity index (χ3v) is 5.38. The van der Waals surface area contributed by atoms with Crippen LogP contribution in [0.15, 0.2) is 42.7 Å². The number of nitrogens with zero attached hydrogens (tertiary/aromatic N) is 4. The average Bonchev–Trinajstić information content (AvgIpc) is 3.31. The summed E-state index contributed by atoms with van der Waals surface area (Å²) in [4.78, 5) is 4.22. The van der Waals surface area contributed by atoms with E-state index in [1.54, 1.807) is 30.6 Å². The molecule has 6 nitrogen and oxygen atoms in total. The molecule has 5 rings (SSSR count). The number of ether oxygens (including phenoxy) is 1. The molecule has 30 heavy (non-hydrogen) atoms. The fourth-order valence-electron chi connectivity index (χ4n) is 3.67. The molecular formula is C20H15F4N5O. The van der Waals surface area contributed by atoms with Crippen LogP contribution in [0, 0.1) is 5.82 Å². The smallest absolute Gasteiger partial charge is 0.358 e. The van der Waals surface area contributed by atoms with Crippen molar-refractivity contribution in [2.75, 3.05) is 0 Å². The number of alkyl halides is 3. The molecule has 3 aromatic heterocycles. The zero-order valence-electron chi connectivity index (χ0n) is 15.7. The van der Waals surface area contributed by atoms with Gasteiger partial charge in [0.2, 0.25) is 0 Å². The molecule has 4 heterocycles. The summed E-state index contributed by atoms with van der Waals surface area (Å²) in [7, 11) is 0. The van der Waals surface area contributed by atoms with Crippen LogP contribution >= 0.6 is 0 Å². The molecule has 154 valence electrons. The van der Waals surface area contributed by atoms with Crippen LogP contribution in [0.3, 0.4) is 0 Å². The van der Waals surface area contributed by atoms with Crippen molar-refractivity contribution in [3.05, 3.63) is 54.2 Å². The van der Waals surface area contributed by atoms with Crippen molar-refractivity contribution in [1.29, 1.82) is 0 Å². The van der Waals surface area contributed by atoms with Gasteiger partial charge in [-0.05, 0) is 42.8 Å². The van der Waals surface area contributed by atoms with Crippen LogP contribution < -0.4 is 0 Å². The highest BCUT2D eigenvalue weighted by molar-refractivity contribution is 5.97. The van der Waals surface area contributed by atoms with Crippen LogP contribution in [0.25, 0.3) is 33.4 Å². The molecule has 0 amide bonds. The van der Waals surface area contributed by atoms with Gasteiger partial charge in [0.25, 0.3) is 0 Å². The van der Waals surface area contributed by atoms with Crippen molar-refractivity contribution in [3.63, 3.8) is 0 Å². The second-order valence-corrected chi connectivity index (χ2v) is 7.34. The zero-order valence-corrected chi connectivity index (χ0v) is 15.7. The number of hydrogen-bond acceptors (Lipinski definition) is 4. The average molecular weight is 417 g/mol. The van der Waals surface area contributed by atoms with Gasteiger partial charge in [0.15, 0.2) is 11.2 Å². The summed E-state index contributed by atoms with van der Waals surface area (Å²) >= 11 is 0. The van der Waals surface area contributed by atoms with Crippen LogP contribution in [0.2, 0.25) is 0 Å². The number of rotatable bonds is 2. The van der Waals surface area contributed by atoms with Gasteiger partial charge in [-0.15, -0.1) is 0 Å². The van der Waals surface area contributed by atoms with E-state index < -0.39 is 24.1 Å². The Labute approximate surface area is 167 Å². The number of hydrogen-bond donors (Lipinski definition) is 1. The van der Waals surface area contributed by atoms with E-state index in [-0.39, 0.29) is 6.61 Å². The predicted octanol–water partition coefficient (Wildman–Crippen LogP) is 4.48. The number of pyridine rings is 1. The lowest BCUT2D eigenvalue weighted by Crippen LogP contribution is -2.51. The maximum atomic E-state index is 13.6. The highest BCUT2D eigenvalue weighted by Gasteiger charge is 2.55. The first-order valence-corrected chi connectivity index (χ1v) is 9.11. The monoisotopic (exact) mass is 417 g/mol. The number of aromatic amines is 1. The van der Waals surface area contributed by atoms with Gasteiger partial charge in [-0.2, -0.15) is 23.4 Å². The molecule has 0 aliphatic carbocycles. The van der Waals surface area contributed by atoms with E-state index in [4.69, 9.17) is 4.74 Å². The number of benzene rings is 1. The van der Waals surface area contributed by atoms with E-state index in [0.29, 0.717) is 39.1 Å². The summed E-state index contributed by atoms with van der Waals surface area (Å²) in [6, 6.07) is 7.41. The van der Waals surface area contributed by atoms with Crippen LogP contribution in [-0.4, -0.2) is 36.7 Å². The van der Waals surface area contributed by atoms with Gasteiger partial charge in [0, 0.05) is 22.7 Å². The molecule has 0 bridgehead atoms. The lowest BCUT2D eigenvalue weighted by molar-refractivity contribution is -0.287. The molecule has 1 N–H and O–H groups in total. The van der Waals surface area contributed by atoms with Gasteiger partial charge in [-0.1, -0.05) is 0 Å². The zero-order chi connectivity index (χ0) is 21.1. The minimum Gasteiger partial charge on any atom is -0.358 e. The Kier molecular flexibility index (Phi) is 3.97. The normalized spacial score (nSPS) is 19.2. The largest absolute Gasteiger partial charge is 0.419 e. The molecule has 4 aromatic rings. The fourth-order valence-corrected chi connectivity index (χ4v) is 3.67. The summed E-state index contributed by atoms with van der Waals surface area (Å²) in [5, 5.41) is 12.0. The Bertz CT molecular complexity index is 1240. The van der Waals surface area contributed by atoms with Gasteiger partial charge >= 0.3 is 6.18 Å². The Morgan fingerprint density at radius 2 is 1.93 bits per heavy atom. The number of fused-ring (bicyclic) bond motifs is 2. The van der Waals surface area contributed by atoms with Gasteiger partial charge < -0.3 is 4.74 Å². The molecule has 0 radical (unpaired) electrons. The summed E-state index contributed by atoms with van der Waals surface area (Å²) in [6.07, 6.45) is -1.38. The molecule has 1 aromatic carbocycles. The third kappa shape index (κ3) is 2.78. The second kappa shape index (κ2) is 6.36. The Balaban J connectivity index is 1.75. The van der Waals surface area contributed by atoms with E-state index in [2.05, 4.69) is 20.3 Å². The molecule has 1 aliphatic rings. The van der Waals surface area contributed by atoms with Crippen molar-refractivity contribution in [2.24, 2.45) is 0 Å². The van der Waals surface area contributed by atoms with E-state index in [0.717, 1.165) is 6.92 Å². The topological polar surface area (TPSA) is 68.6 Å². The first-order valence-electron chi connectivity index (χ1n) is 9.11. The number of aromatic nitrogens is 5. The summed E-state index contributed by atoms with van der Waals surface area (Å²) in [5.74, 6) is -0.418. The highest BCUT2D eigenvalue weighted by atomic mass is 19.4. The third-order valence-electron chi connectivity index (χ3n) is 5.38. The molecule has 0 saturated heterocycles. The van der Waals surface area contributed by atoms with Gasteiger partial charge in [-0.25, -0.2) is 9.37 Å². The predicted molar refractivity (Wildman–Crippen MR) is 99.8 cm³/mol. The minimum atomic E-state index is -4.55. The number of H-pyrrole nitrogens is 1. The standard InChI is InChI=1S/C20H15F4N5O/c1-19(20(22,23)24)10-29-15(9-30-19)16(13-6-7-25-18-14(13)8-26-27-18)17(28-29)11-2-4-12(21)5-3-11/h2-8H,9-10H2,1H3,(H,25,26,27). The lowest BCUT2D eigenvalue weighted by Gasteiger charge is -2.36. The van der Waals surface area contributed by atoms with E-state index >= 15 is 0 Å². The van der Waals surface area contributed by atoms with Crippen molar-refractivity contribution < 1.29 is 22.3 Å². The molecule has 10 heteroatoms. The van der Waals surface area contributed by atoms with Gasteiger partial charge in [0.05, 0.1) is 25.0 Å². The van der Waals surface area contributed by atoms with Crippen molar-refractivity contribution in [3.8, 4) is 22.4 Å². The molecular weight excluding hydrogens is 402 g/mol. The van der Waals surface area contributed by atoms with Gasteiger partial charge in [0.1, 0.15) is 11.5 Å². The van der Waals surface area contributed by atoms with Crippen molar-refractivity contribution in [1.82, 2.24) is 25.0 Å². The fraction of sp³-hybridized carbons (Fsp3) is 0.250. The highest BCUT2D eigenvalue weighted by Crippen LogP contribution is 2.44. The second-order valence-electron chi connectivity index (χ2n) is 7.34. The van der Waals surface area contributed by atoms with Gasteiger partial charge in [-0.3, -0.25) is 9.78 Å². The van der Waals surface area contributed by atoms with Crippen LogP contribution in [-0.2, 0) is 17.9 Å². The van der Waals surface area contributed by atoms with Crippen molar-refractivity contribution in [2.45, 2.75) is 31.9 Å². The first-order chi connectivity index (χ1) is 14.3. The Hall–Kier alpha value is -3.27. The molecule has 1 unspecified atom stereocenters. The maximum absolute atomic E-state index is 13.6. The molecule has 0 fully saturated rings. The summed E-state index contributed by atoms with van der Waals surface area (Å²) in [5.41, 5.74) is 1.02. The molecule has 1 aliphatic heterocycles. The summed E-state index contributed by atoms with van der Waals surface area (Å²) in [6.45, 7) is 0.246. The Morgan fingerprint density at radius 3 is 2.67 bits per heavy atom.